The molecule has 0 fully saturated rings. The van der Waals surface area contributed by atoms with Crippen LogP contribution in [0.15, 0.2) is 33.7 Å². The Morgan fingerprint density at radius 1 is 1.42 bits per heavy atom. The van der Waals surface area contributed by atoms with E-state index in [1.165, 1.54) is 11.8 Å². The number of thioether (sulfide) groups is 1. The first-order valence-corrected chi connectivity index (χ1v) is 8.93. The highest BCUT2D eigenvalue weighted by molar-refractivity contribution is 8.00. The van der Waals surface area contributed by atoms with Crippen molar-refractivity contribution in [2.75, 3.05) is 19.4 Å². The van der Waals surface area contributed by atoms with Crippen molar-refractivity contribution in [2.24, 2.45) is 0 Å². The number of methoxy groups -OCH3 is 1. The lowest BCUT2D eigenvalue weighted by molar-refractivity contribution is -0.118. The van der Waals surface area contributed by atoms with Gasteiger partial charge >= 0.3 is 0 Å². The number of rotatable bonds is 9. The smallest absolute Gasteiger partial charge is 0.230 e. The highest BCUT2D eigenvalue weighted by Crippen LogP contribution is 2.22. The fourth-order valence-electron chi connectivity index (χ4n) is 1.96. The molecule has 0 aliphatic rings. The molecule has 0 unspecified atom stereocenters. The van der Waals surface area contributed by atoms with Crippen molar-refractivity contribution in [3.8, 4) is 5.75 Å². The summed E-state index contributed by atoms with van der Waals surface area (Å²) >= 11 is 1.49. The Hall–Kier alpha value is -2.02. The molecule has 0 atom stereocenters. The summed E-state index contributed by atoms with van der Waals surface area (Å²) in [5.74, 6) is 2.79. The third-order valence-electron chi connectivity index (χ3n) is 3.30. The number of nitrogens with zero attached hydrogens (tertiary/aromatic N) is 2. The predicted octanol–water partition coefficient (Wildman–Crippen LogP) is 3.04. The molecule has 2 aromatic rings. The zero-order valence-corrected chi connectivity index (χ0v) is 15.1. The van der Waals surface area contributed by atoms with E-state index in [9.17, 15) is 4.79 Å². The van der Waals surface area contributed by atoms with Gasteiger partial charge in [0.05, 0.1) is 12.9 Å². The number of amides is 1. The van der Waals surface area contributed by atoms with Gasteiger partial charge < -0.3 is 14.6 Å². The maximum absolute atomic E-state index is 11.9. The Morgan fingerprint density at radius 3 is 2.96 bits per heavy atom. The van der Waals surface area contributed by atoms with Crippen molar-refractivity contribution in [3.05, 3.63) is 36.0 Å². The van der Waals surface area contributed by atoms with Crippen LogP contribution in [0.2, 0.25) is 0 Å². The van der Waals surface area contributed by atoms with Crippen molar-refractivity contribution in [1.29, 1.82) is 0 Å². The fraction of sp³-hybridized carbons (Fsp3) is 0.471. The number of aromatic nitrogens is 2. The number of nitrogens with one attached hydrogen (secondary N) is 1. The first-order valence-electron chi connectivity index (χ1n) is 7.94. The molecule has 0 saturated heterocycles. The van der Waals surface area contributed by atoms with Crippen LogP contribution in [0.5, 0.6) is 5.75 Å². The number of aryl methyl sites for hydroxylation is 1. The Kier molecular flexibility index (Phi) is 7.11. The van der Waals surface area contributed by atoms with E-state index in [1.807, 2.05) is 38.1 Å². The lowest BCUT2D eigenvalue weighted by atomic mass is 10.2. The average molecular weight is 349 g/mol. The molecule has 1 aromatic heterocycles. The number of benzene rings is 1. The van der Waals surface area contributed by atoms with Gasteiger partial charge in [0.15, 0.2) is 5.82 Å². The van der Waals surface area contributed by atoms with Crippen molar-refractivity contribution >= 4 is 17.7 Å². The van der Waals surface area contributed by atoms with E-state index in [-0.39, 0.29) is 11.8 Å². The molecule has 0 aliphatic carbocycles. The minimum absolute atomic E-state index is 0.0104. The molecule has 0 bridgehead atoms. The van der Waals surface area contributed by atoms with Crippen LogP contribution in [0, 0.1) is 0 Å². The maximum atomic E-state index is 11.9. The van der Waals surface area contributed by atoms with Gasteiger partial charge in [0.1, 0.15) is 5.75 Å². The summed E-state index contributed by atoms with van der Waals surface area (Å²) in [5, 5.41) is 6.82. The molecular formula is C17H23N3O3S. The molecule has 130 valence electrons. The van der Waals surface area contributed by atoms with Crippen LogP contribution in [-0.2, 0) is 11.2 Å². The van der Waals surface area contributed by atoms with E-state index in [1.54, 1.807) is 7.11 Å². The highest BCUT2D eigenvalue weighted by atomic mass is 32.2. The zero-order valence-electron chi connectivity index (χ0n) is 14.2. The van der Waals surface area contributed by atoms with E-state index < -0.39 is 0 Å². The third-order valence-corrected chi connectivity index (χ3v) is 4.29. The Morgan fingerprint density at radius 2 is 2.25 bits per heavy atom. The van der Waals surface area contributed by atoms with Gasteiger partial charge in [-0.3, -0.25) is 4.79 Å². The molecular weight excluding hydrogens is 326 g/mol. The second kappa shape index (κ2) is 9.32. The second-order valence-electron chi connectivity index (χ2n) is 5.62. The summed E-state index contributed by atoms with van der Waals surface area (Å²) in [4.78, 5) is 17.2. The van der Waals surface area contributed by atoms with Gasteiger partial charge in [-0.05, 0) is 24.6 Å². The van der Waals surface area contributed by atoms with E-state index >= 15 is 0 Å². The third kappa shape index (κ3) is 5.88. The van der Waals surface area contributed by atoms with Crippen LogP contribution in [0.3, 0.4) is 0 Å². The van der Waals surface area contributed by atoms with Gasteiger partial charge in [0.25, 0.3) is 0 Å². The Bertz CT molecular complexity index is 658. The minimum atomic E-state index is 0.0104. The molecule has 6 nitrogen and oxygen atoms in total. The molecule has 24 heavy (non-hydrogen) atoms. The van der Waals surface area contributed by atoms with Gasteiger partial charge in [0.2, 0.25) is 11.8 Å². The predicted molar refractivity (Wildman–Crippen MR) is 93.4 cm³/mol. The van der Waals surface area contributed by atoms with Gasteiger partial charge in [-0.2, -0.15) is 4.98 Å². The minimum Gasteiger partial charge on any atom is -0.497 e. The SMILES string of the molecule is COc1cccc(SCC(=O)NCCCc2nc(C(C)C)no2)c1. The molecule has 0 saturated carbocycles. The van der Waals surface area contributed by atoms with Gasteiger partial charge in [-0.25, -0.2) is 0 Å². The molecule has 2 rings (SSSR count). The molecule has 1 N–H and O–H groups in total. The molecule has 1 heterocycles. The van der Waals surface area contributed by atoms with Crippen LogP contribution < -0.4 is 10.1 Å². The summed E-state index contributed by atoms with van der Waals surface area (Å²) in [5.41, 5.74) is 0. The Labute approximate surface area is 146 Å². The van der Waals surface area contributed by atoms with Crippen LogP contribution >= 0.6 is 11.8 Å². The molecule has 0 spiro atoms. The quantitative estimate of drug-likeness (QED) is 0.554. The topological polar surface area (TPSA) is 77.2 Å². The summed E-state index contributed by atoms with van der Waals surface area (Å²) in [6.45, 7) is 4.64. The summed E-state index contributed by atoms with van der Waals surface area (Å²) in [6, 6.07) is 7.67. The molecule has 1 aromatic carbocycles. The zero-order chi connectivity index (χ0) is 17.4. The van der Waals surface area contributed by atoms with Crippen molar-refractivity contribution < 1.29 is 14.1 Å². The summed E-state index contributed by atoms with van der Waals surface area (Å²) < 4.78 is 10.3. The maximum Gasteiger partial charge on any atom is 0.230 e. The second-order valence-corrected chi connectivity index (χ2v) is 6.67. The van der Waals surface area contributed by atoms with E-state index in [4.69, 9.17) is 9.26 Å². The van der Waals surface area contributed by atoms with Crippen LogP contribution in [0.4, 0.5) is 0 Å². The van der Waals surface area contributed by atoms with Gasteiger partial charge in [-0.1, -0.05) is 25.1 Å². The number of hydrogen-bond acceptors (Lipinski definition) is 6. The van der Waals surface area contributed by atoms with E-state index in [0.29, 0.717) is 24.6 Å². The number of carbonyl (C=O) groups is 1. The fourth-order valence-corrected chi connectivity index (χ4v) is 2.74. The first-order chi connectivity index (χ1) is 11.6. The van der Waals surface area contributed by atoms with E-state index in [0.717, 1.165) is 22.9 Å². The average Bonchev–Trinajstić information content (AvgIpc) is 3.06. The normalized spacial score (nSPS) is 10.8. The molecule has 1 amide bonds. The van der Waals surface area contributed by atoms with Crippen LogP contribution in [-0.4, -0.2) is 35.5 Å². The highest BCUT2D eigenvalue weighted by Gasteiger charge is 2.09. The van der Waals surface area contributed by atoms with Gasteiger partial charge in [-0.15, -0.1) is 11.8 Å². The van der Waals surface area contributed by atoms with Crippen molar-refractivity contribution in [2.45, 2.75) is 37.5 Å². The van der Waals surface area contributed by atoms with Crippen molar-refractivity contribution in [3.63, 3.8) is 0 Å². The van der Waals surface area contributed by atoms with E-state index in [2.05, 4.69) is 15.5 Å². The number of ether oxygens (including phenoxy) is 1. The Balaban J connectivity index is 1.64. The molecule has 0 radical (unpaired) electrons. The summed E-state index contributed by atoms with van der Waals surface area (Å²) in [6.07, 6.45) is 1.44. The lowest BCUT2D eigenvalue weighted by Gasteiger charge is -2.05. The number of carbonyl (C=O) groups excluding carboxylic acids is 1. The largest absolute Gasteiger partial charge is 0.497 e. The first kappa shape index (κ1) is 18.3. The van der Waals surface area contributed by atoms with Crippen LogP contribution in [0.1, 0.15) is 37.9 Å². The van der Waals surface area contributed by atoms with Gasteiger partial charge in [0, 0.05) is 23.8 Å². The molecule has 0 aliphatic heterocycles. The van der Waals surface area contributed by atoms with Crippen molar-refractivity contribution in [1.82, 2.24) is 15.5 Å². The summed E-state index contributed by atoms with van der Waals surface area (Å²) in [7, 11) is 1.63. The standard InChI is InChI=1S/C17H23N3O3S/c1-12(2)17-19-16(23-20-17)8-5-9-18-15(21)11-24-14-7-4-6-13(10-14)22-3/h4,6-7,10,12H,5,8-9,11H2,1-3H3,(H,18,21). The van der Waals surface area contributed by atoms with Crippen LogP contribution in [0.25, 0.3) is 0 Å². The monoisotopic (exact) mass is 349 g/mol. The number of hydrogen-bond donors (Lipinski definition) is 1. The molecule has 7 heteroatoms. The lowest BCUT2D eigenvalue weighted by Crippen LogP contribution is -2.26.